The first kappa shape index (κ1) is 27.1. The van der Waals surface area contributed by atoms with E-state index in [0.29, 0.717) is 31.0 Å². The van der Waals surface area contributed by atoms with Gasteiger partial charge < -0.3 is 14.4 Å². The Labute approximate surface area is 249 Å². The Morgan fingerprint density at radius 2 is 1.86 bits per heavy atom. The molecule has 4 aromatic rings. The number of carboxylic acid groups (broad SMARTS) is 1. The minimum Gasteiger partial charge on any atom is -0.497 e. The van der Waals surface area contributed by atoms with Crippen molar-refractivity contribution in [3.63, 3.8) is 0 Å². The Hall–Kier alpha value is -3.75. The van der Waals surface area contributed by atoms with Crippen molar-refractivity contribution in [3.8, 4) is 17.0 Å². The van der Waals surface area contributed by atoms with Crippen LogP contribution in [0.1, 0.15) is 77.4 Å². The standard InChI is InChI=1S/C34H35N3O4S/c1-41-24-13-15-25-27(17-24)28-18-34(28,33(39)40)20-37-29-16-23(32(38)36-42-35-19-21-8-4-2-5-9-21)12-14-26(29)30(31(25)37)22-10-6-3-7-11-22/h2,4-5,8-9,12-17,22,28,35H,3,6-7,10-11,18-20H2,1H3,(H,36,38)(H,39,40). The minimum absolute atomic E-state index is 0.0622. The van der Waals surface area contributed by atoms with E-state index in [1.807, 2.05) is 54.6 Å². The lowest BCUT2D eigenvalue weighted by Crippen LogP contribution is -2.23. The highest BCUT2D eigenvalue weighted by Gasteiger charge is 2.63. The highest BCUT2D eigenvalue weighted by Crippen LogP contribution is 2.65. The van der Waals surface area contributed by atoms with Crippen LogP contribution < -0.4 is 14.2 Å². The van der Waals surface area contributed by atoms with Crippen LogP contribution in [0.25, 0.3) is 22.2 Å². The Morgan fingerprint density at radius 3 is 2.62 bits per heavy atom. The first-order valence-electron chi connectivity index (χ1n) is 14.8. The third-order valence-electron chi connectivity index (χ3n) is 9.55. The summed E-state index contributed by atoms with van der Waals surface area (Å²) >= 11 is 1.18. The second-order valence-electron chi connectivity index (χ2n) is 11.9. The molecule has 0 saturated heterocycles. The summed E-state index contributed by atoms with van der Waals surface area (Å²) in [5.41, 5.74) is 6.37. The fourth-order valence-electron chi connectivity index (χ4n) is 7.28. The van der Waals surface area contributed by atoms with E-state index in [1.165, 1.54) is 37.0 Å². The first-order valence-corrected chi connectivity index (χ1v) is 15.6. The van der Waals surface area contributed by atoms with Crippen molar-refractivity contribution in [1.29, 1.82) is 0 Å². The zero-order chi connectivity index (χ0) is 28.8. The average Bonchev–Trinajstić information content (AvgIpc) is 3.70. The average molecular weight is 582 g/mol. The highest BCUT2D eigenvalue weighted by atomic mass is 32.2. The molecule has 0 bridgehead atoms. The van der Waals surface area contributed by atoms with Crippen LogP contribution in [0.5, 0.6) is 5.75 Å². The van der Waals surface area contributed by atoms with Gasteiger partial charge in [-0.3, -0.25) is 14.3 Å². The highest BCUT2D eigenvalue weighted by molar-refractivity contribution is 7.96. The number of hydrogen-bond acceptors (Lipinski definition) is 5. The number of benzene rings is 3. The second-order valence-corrected chi connectivity index (χ2v) is 12.6. The maximum atomic E-state index is 13.3. The lowest BCUT2D eigenvalue weighted by Gasteiger charge is -2.24. The lowest BCUT2D eigenvalue weighted by molar-refractivity contribution is -0.144. The van der Waals surface area contributed by atoms with Crippen LogP contribution in [0.4, 0.5) is 0 Å². The molecular weight excluding hydrogens is 546 g/mol. The van der Waals surface area contributed by atoms with Crippen LogP contribution in [0, 0.1) is 5.41 Å². The van der Waals surface area contributed by atoms with Crippen LogP contribution in [0.3, 0.4) is 0 Å². The topological polar surface area (TPSA) is 92.6 Å². The number of aliphatic carboxylic acids is 1. The first-order chi connectivity index (χ1) is 20.5. The van der Waals surface area contributed by atoms with Crippen molar-refractivity contribution >= 4 is 34.9 Å². The van der Waals surface area contributed by atoms with E-state index in [9.17, 15) is 14.7 Å². The molecule has 1 amide bonds. The van der Waals surface area contributed by atoms with Crippen molar-refractivity contribution in [1.82, 2.24) is 14.0 Å². The van der Waals surface area contributed by atoms with Crippen LogP contribution in [0.2, 0.25) is 0 Å². The van der Waals surface area contributed by atoms with Crippen LogP contribution in [-0.4, -0.2) is 28.7 Å². The molecule has 3 aromatic carbocycles. The maximum Gasteiger partial charge on any atom is 0.312 e. The number of ether oxygens (including phenoxy) is 1. The lowest BCUT2D eigenvalue weighted by atomic mass is 9.81. The number of hydrogen-bond donors (Lipinski definition) is 3. The zero-order valence-corrected chi connectivity index (χ0v) is 24.5. The van der Waals surface area contributed by atoms with Crippen molar-refractivity contribution < 1.29 is 19.4 Å². The smallest absolute Gasteiger partial charge is 0.312 e. The molecule has 0 spiro atoms. The number of carbonyl (C=O) groups excluding carboxylic acids is 1. The van der Waals surface area contributed by atoms with E-state index < -0.39 is 11.4 Å². The molecule has 7 rings (SSSR count). The predicted molar refractivity (Wildman–Crippen MR) is 166 cm³/mol. The summed E-state index contributed by atoms with van der Waals surface area (Å²) in [5.74, 6) is 0.146. The Balaban J connectivity index is 1.30. The van der Waals surface area contributed by atoms with Gasteiger partial charge in [0.2, 0.25) is 0 Å². The van der Waals surface area contributed by atoms with Gasteiger partial charge in [-0.1, -0.05) is 55.7 Å². The number of nitrogens with one attached hydrogen (secondary N) is 2. The Morgan fingerprint density at radius 1 is 1.05 bits per heavy atom. The van der Waals surface area contributed by atoms with Crippen molar-refractivity contribution in [2.75, 3.05) is 7.11 Å². The third kappa shape index (κ3) is 4.57. The summed E-state index contributed by atoms with van der Waals surface area (Å²) in [6.45, 7) is 1.02. The number of fused-ring (bicyclic) bond motifs is 7. The maximum absolute atomic E-state index is 13.3. The van der Waals surface area contributed by atoms with E-state index in [2.05, 4.69) is 26.1 Å². The summed E-state index contributed by atoms with van der Waals surface area (Å²) in [7, 11) is 1.66. The van der Waals surface area contributed by atoms with Gasteiger partial charge in [0.15, 0.2) is 0 Å². The largest absolute Gasteiger partial charge is 0.497 e. The third-order valence-corrected chi connectivity index (χ3v) is 10.1. The van der Waals surface area contributed by atoms with Gasteiger partial charge >= 0.3 is 5.97 Å². The molecule has 2 unspecified atom stereocenters. The molecule has 2 fully saturated rings. The van der Waals surface area contributed by atoms with Gasteiger partial charge in [0.1, 0.15) is 5.75 Å². The van der Waals surface area contributed by atoms with Crippen molar-refractivity contribution in [2.45, 2.75) is 63.5 Å². The number of rotatable bonds is 8. The van der Waals surface area contributed by atoms with E-state index in [0.717, 1.165) is 51.9 Å². The number of methoxy groups -OCH3 is 1. The van der Waals surface area contributed by atoms with Crippen LogP contribution in [-0.2, 0) is 17.9 Å². The number of amides is 1. The monoisotopic (exact) mass is 581 g/mol. The molecular formula is C34H35N3O4S. The number of carbonyl (C=O) groups is 2. The van der Waals surface area contributed by atoms with Gasteiger partial charge in [-0.05, 0) is 72.2 Å². The van der Waals surface area contributed by atoms with Crippen molar-refractivity contribution in [2.24, 2.45) is 5.41 Å². The summed E-state index contributed by atoms with van der Waals surface area (Å²) in [5, 5.41) is 11.6. The zero-order valence-electron chi connectivity index (χ0n) is 23.7. The molecule has 1 aliphatic heterocycles. The van der Waals surface area contributed by atoms with Crippen LogP contribution >= 0.6 is 12.1 Å². The van der Waals surface area contributed by atoms with Gasteiger partial charge in [-0.2, -0.15) is 0 Å². The summed E-state index contributed by atoms with van der Waals surface area (Å²) < 4.78 is 13.9. The molecule has 3 aliphatic rings. The number of aromatic nitrogens is 1. The molecule has 1 aromatic heterocycles. The molecule has 7 nitrogen and oxygen atoms in total. The van der Waals surface area contributed by atoms with Crippen molar-refractivity contribution in [3.05, 3.63) is 89.0 Å². The van der Waals surface area contributed by atoms with E-state index in [1.54, 1.807) is 7.11 Å². The molecule has 0 radical (unpaired) electrons. The molecule has 2 atom stereocenters. The molecule has 2 aliphatic carbocycles. The quantitative estimate of drug-likeness (QED) is 0.153. The molecule has 216 valence electrons. The van der Waals surface area contributed by atoms with E-state index >= 15 is 0 Å². The van der Waals surface area contributed by atoms with Gasteiger partial charge in [-0.25, -0.2) is 4.72 Å². The molecule has 8 heteroatoms. The Bertz CT molecular complexity index is 1680. The fourth-order valence-corrected chi connectivity index (χ4v) is 7.80. The van der Waals surface area contributed by atoms with E-state index in [4.69, 9.17) is 4.74 Å². The molecule has 42 heavy (non-hydrogen) atoms. The molecule has 2 heterocycles. The van der Waals surface area contributed by atoms with Gasteiger partial charge in [0, 0.05) is 53.2 Å². The SMILES string of the molecule is COc1ccc2c(c1)C1CC1(C(=O)O)Cn1c-2c(C2CCCCC2)c2ccc(C(=O)NSNCc3ccccc3)cc21. The fraction of sp³-hybridized carbons (Fsp3) is 0.353. The summed E-state index contributed by atoms with van der Waals surface area (Å²) in [6, 6.07) is 22.1. The van der Waals surface area contributed by atoms with Gasteiger partial charge in [0.05, 0.1) is 18.2 Å². The summed E-state index contributed by atoms with van der Waals surface area (Å²) in [6.07, 6.45) is 6.49. The Kier molecular flexibility index (Phi) is 6.98. The molecule has 3 N–H and O–H groups in total. The van der Waals surface area contributed by atoms with E-state index in [-0.39, 0.29) is 11.8 Å². The molecule has 2 saturated carbocycles. The second kappa shape index (κ2) is 10.8. The van der Waals surface area contributed by atoms with Gasteiger partial charge in [-0.15, -0.1) is 0 Å². The predicted octanol–water partition coefficient (Wildman–Crippen LogP) is 7.02. The number of nitrogens with zero attached hydrogens (tertiary/aromatic N) is 1. The normalized spacial score (nSPS) is 21.1. The summed E-state index contributed by atoms with van der Waals surface area (Å²) in [4.78, 5) is 26.1. The number of carboxylic acids is 1. The van der Waals surface area contributed by atoms with Crippen LogP contribution in [0.15, 0.2) is 66.7 Å². The van der Waals surface area contributed by atoms with Gasteiger partial charge in [0.25, 0.3) is 5.91 Å². The minimum atomic E-state index is -0.863.